The molecule has 0 fully saturated rings. The quantitative estimate of drug-likeness (QED) is 0.320. The second-order valence-electron chi connectivity index (χ2n) is 2.07. The summed E-state index contributed by atoms with van der Waals surface area (Å²) in [5.41, 5.74) is 0.894. The molecule has 0 N–H and O–H groups in total. The van der Waals surface area contributed by atoms with Gasteiger partial charge in [0.15, 0.2) is 0 Å². The Morgan fingerprint density at radius 1 is 1.36 bits per heavy atom. The molecule has 0 saturated heterocycles. The van der Waals surface area contributed by atoms with Crippen molar-refractivity contribution in [3.8, 4) is 0 Å². The molecular formula is C9H14IN. The first-order valence-electron chi connectivity index (χ1n) is 3.18. The van der Waals surface area contributed by atoms with Crippen LogP contribution in [0.15, 0.2) is 42.1 Å². The third-order valence-electron chi connectivity index (χ3n) is 0.891. The fraction of sp³-hybridized carbons (Fsp3) is 0.222. The fourth-order valence-corrected chi connectivity index (χ4v) is 1.32. The van der Waals surface area contributed by atoms with Gasteiger partial charge in [-0.3, -0.25) is 0 Å². The van der Waals surface area contributed by atoms with Gasteiger partial charge in [0.05, 0.1) is 0 Å². The summed E-state index contributed by atoms with van der Waals surface area (Å²) in [7, 11) is 0. The SMILES string of the molecule is C=C/C=C(\C=C)N=CI(C)C. The van der Waals surface area contributed by atoms with Gasteiger partial charge < -0.3 is 0 Å². The molecule has 0 aromatic carbocycles. The number of halogens is 1. The van der Waals surface area contributed by atoms with Gasteiger partial charge in [-0.25, -0.2) is 0 Å². The first-order chi connectivity index (χ1) is 5.20. The van der Waals surface area contributed by atoms with Crippen molar-refractivity contribution in [3.05, 3.63) is 37.1 Å². The van der Waals surface area contributed by atoms with Gasteiger partial charge in [0, 0.05) is 0 Å². The van der Waals surface area contributed by atoms with Gasteiger partial charge in [-0.15, -0.1) is 0 Å². The van der Waals surface area contributed by atoms with Crippen LogP contribution < -0.4 is 0 Å². The van der Waals surface area contributed by atoms with E-state index in [2.05, 4.69) is 28.0 Å². The van der Waals surface area contributed by atoms with E-state index in [1.807, 2.05) is 10.3 Å². The maximum absolute atomic E-state index is 4.25. The van der Waals surface area contributed by atoms with E-state index in [9.17, 15) is 0 Å². The Morgan fingerprint density at radius 3 is 2.36 bits per heavy atom. The minimum atomic E-state index is -0.828. The standard InChI is InChI=1S/C9H14IN/c1-5-7-9(6-2)11-8-10(3)4/h5-8H,1-2H2,3-4H3/b9-7+,11-8?. The average Bonchev–Trinajstić information content (AvgIpc) is 1.97. The molecule has 62 valence electrons. The molecule has 0 heterocycles. The summed E-state index contributed by atoms with van der Waals surface area (Å²) in [4.78, 5) is 8.72. The topological polar surface area (TPSA) is 12.4 Å². The molecule has 0 radical (unpaired) electrons. The molecular weight excluding hydrogens is 249 g/mol. The second kappa shape index (κ2) is 6.34. The zero-order valence-electron chi connectivity index (χ0n) is 7.05. The number of allylic oxidation sites excluding steroid dienone is 3. The molecule has 0 bridgehead atoms. The van der Waals surface area contributed by atoms with Gasteiger partial charge in [-0.2, -0.15) is 0 Å². The van der Waals surface area contributed by atoms with Crippen molar-refractivity contribution in [3.63, 3.8) is 0 Å². The van der Waals surface area contributed by atoms with Crippen molar-refractivity contribution >= 4 is 24.0 Å². The molecule has 2 heteroatoms. The Morgan fingerprint density at radius 2 is 2.00 bits per heavy atom. The van der Waals surface area contributed by atoms with Crippen LogP contribution in [0.2, 0.25) is 0 Å². The van der Waals surface area contributed by atoms with Crippen LogP contribution in [0.4, 0.5) is 0 Å². The van der Waals surface area contributed by atoms with Crippen molar-refractivity contribution in [1.29, 1.82) is 0 Å². The monoisotopic (exact) mass is 263 g/mol. The number of hydrogen-bond donors (Lipinski definition) is 0. The molecule has 0 aliphatic carbocycles. The van der Waals surface area contributed by atoms with Gasteiger partial charge in [0.1, 0.15) is 0 Å². The van der Waals surface area contributed by atoms with Crippen molar-refractivity contribution < 1.29 is 0 Å². The molecule has 0 rings (SSSR count). The average molecular weight is 263 g/mol. The number of hydrogen-bond acceptors (Lipinski definition) is 1. The first kappa shape index (κ1) is 10.6. The zero-order valence-corrected chi connectivity index (χ0v) is 9.21. The van der Waals surface area contributed by atoms with E-state index in [0.717, 1.165) is 5.70 Å². The van der Waals surface area contributed by atoms with Crippen LogP contribution in [0, 0.1) is 0 Å². The van der Waals surface area contributed by atoms with Gasteiger partial charge in [-0.1, -0.05) is 0 Å². The van der Waals surface area contributed by atoms with Gasteiger partial charge in [0.25, 0.3) is 0 Å². The summed E-state index contributed by atoms with van der Waals surface area (Å²) < 4.78 is 2.04. The van der Waals surface area contributed by atoms with Gasteiger partial charge in [0.2, 0.25) is 0 Å². The predicted octanol–water partition coefficient (Wildman–Crippen LogP) is 3.04. The van der Waals surface area contributed by atoms with E-state index >= 15 is 0 Å². The van der Waals surface area contributed by atoms with Crippen LogP contribution in [0.5, 0.6) is 0 Å². The van der Waals surface area contributed by atoms with Crippen LogP contribution in [0.3, 0.4) is 0 Å². The van der Waals surface area contributed by atoms with Crippen molar-refractivity contribution in [1.82, 2.24) is 0 Å². The van der Waals surface area contributed by atoms with Crippen LogP contribution in [-0.4, -0.2) is 14.1 Å². The van der Waals surface area contributed by atoms with E-state index < -0.39 is 19.8 Å². The van der Waals surface area contributed by atoms with Crippen molar-refractivity contribution in [2.24, 2.45) is 4.99 Å². The van der Waals surface area contributed by atoms with E-state index in [1.165, 1.54) is 0 Å². The Bertz CT molecular complexity index is 190. The molecule has 0 atom stereocenters. The molecule has 0 spiro atoms. The number of nitrogens with zero attached hydrogens (tertiary/aromatic N) is 1. The minimum absolute atomic E-state index is 0.828. The maximum atomic E-state index is 4.25. The van der Waals surface area contributed by atoms with Crippen LogP contribution in [0.25, 0.3) is 0 Å². The zero-order chi connectivity index (χ0) is 8.69. The number of rotatable bonds is 4. The first-order valence-corrected chi connectivity index (χ1v) is 8.74. The Hall–Kier alpha value is -0.380. The Kier molecular flexibility index (Phi) is 6.12. The summed E-state index contributed by atoms with van der Waals surface area (Å²) in [5.74, 6) is 0. The number of aliphatic imine (C=N–C) groups is 1. The molecule has 0 aromatic heterocycles. The molecule has 0 saturated carbocycles. The summed E-state index contributed by atoms with van der Waals surface area (Å²) in [5, 5.41) is 0. The third kappa shape index (κ3) is 6.04. The summed E-state index contributed by atoms with van der Waals surface area (Å²) in [6.45, 7) is 7.24. The van der Waals surface area contributed by atoms with Crippen LogP contribution >= 0.6 is 19.8 Å². The Labute approximate surface area is 76.0 Å². The molecule has 0 aromatic rings. The molecule has 0 aliphatic rings. The van der Waals surface area contributed by atoms with E-state index in [0.29, 0.717) is 0 Å². The van der Waals surface area contributed by atoms with Gasteiger partial charge >= 0.3 is 76.0 Å². The summed E-state index contributed by atoms with van der Waals surface area (Å²) in [6, 6.07) is 0. The van der Waals surface area contributed by atoms with Gasteiger partial charge in [-0.05, 0) is 0 Å². The van der Waals surface area contributed by atoms with Crippen molar-refractivity contribution in [2.75, 3.05) is 9.86 Å². The molecule has 0 aliphatic heterocycles. The predicted molar refractivity (Wildman–Crippen MR) is 62.8 cm³/mol. The normalized spacial score (nSPS) is 13.3. The van der Waals surface area contributed by atoms with Crippen molar-refractivity contribution in [2.45, 2.75) is 0 Å². The Balaban J connectivity index is 4.18. The second-order valence-corrected chi connectivity index (χ2v) is 7.28. The third-order valence-corrected chi connectivity index (χ3v) is 2.28. The number of alkyl halides is 2. The molecule has 0 amide bonds. The van der Waals surface area contributed by atoms with E-state index in [4.69, 9.17) is 0 Å². The van der Waals surface area contributed by atoms with E-state index in [-0.39, 0.29) is 0 Å². The van der Waals surface area contributed by atoms with E-state index in [1.54, 1.807) is 12.2 Å². The van der Waals surface area contributed by atoms with Crippen LogP contribution in [-0.2, 0) is 0 Å². The molecule has 11 heavy (non-hydrogen) atoms. The summed E-state index contributed by atoms with van der Waals surface area (Å²) >= 11 is -0.828. The van der Waals surface area contributed by atoms with Crippen LogP contribution in [0.1, 0.15) is 0 Å². The molecule has 1 nitrogen and oxygen atoms in total. The fourth-order valence-electron chi connectivity index (χ4n) is 0.438. The summed E-state index contributed by atoms with van der Waals surface area (Å²) in [6.07, 6.45) is 5.30. The molecule has 0 unspecified atom stereocenters.